The molecule has 0 aliphatic heterocycles. The van der Waals surface area contributed by atoms with Crippen molar-refractivity contribution in [1.82, 2.24) is 15.6 Å². The molecule has 10 nitrogen and oxygen atoms in total. The molecule has 1 aromatic heterocycles. The number of aryl methyl sites for hydroxylation is 1. The number of rotatable bonds is 11. The summed E-state index contributed by atoms with van der Waals surface area (Å²) in [6.45, 7) is 7.16. The van der Waals surface area contributed by atoms with Gasteiger partial charge in [-0.15, -0.1) is 0 Å². The molecular formula is C27H35BrN4O6. The van der Waals surface area contributed by atoms with E-state index in [0.29, 0.717) is 12.2 Å². The zero-order valence-electron chi connectivity index (χ0n) is 22.4. The number of amides is 3. The summed E-state index contributed by atoms with van der Waals surface area (Å²) in [5, 5.41) is 5.34. The molecule has 0 spiro atoms. The molecular weight excluding hydrogens is 556 g/mol. The highest BCUT2D eigenvalue weighted by Crippen LogP contribution is 2.21. The van der Waals surface area contributed by atoms with Crippen LogP contribution in [0.25, 0.3) is 0 Å². The van der Waals surface area contributed by atoms with E-state index in [1.165, 1.54) is 12.0 Å². The molecule has 1 atom stereocenters. The van der Waals surface area contributed by atoms with Crippen molar-refractivity contribution in [3.63, 3.8) is 0 Å². The van der Waals surface area contributed by atoms with E-state index in [-0.39, 0.29) is 31.8 Å². The van der Waals surface area contributed by atoms with Crippen LogP contribution in [-0.4, -0.2) is 54.7 Å². The maximum absolute atomic E-state index is 12.8. The number of hydrogen-bond acceptors (Lipinski definition) is 7. The first kappa shape index (κ1) is 30.8. The monoisotopic (exact) mass is 590 g/mol. The molecule has 0 aliphatic rings. The summed E-state index contributed by atoms with van der Waals surface area (Å²) in [6.07, 6.45) is 1.41. The van der Waals surface area contributed by atoms with Crippen molar-refractivity contribution in [2.75, 3.05) is 25.1 Å². The van der Waals surface area contributed by atoms with E-state index >= 15 is 0 Å². The van der Waals surface area contributed by atoms with E-state index in [2.05, 4.69) is 31.5 Å². The first-order valence-corrected chi connectivity index (χ1v) is 13.0. The van der Waals surface area contributed by atoms with E-state index in [9.17, 15) is 19.2 Å². The van der Waals surface area contributed by atoms with Gasteiger partial charge in [0.2, 0.25) is 11.8 Å². The second kappa shape index (κ2) is 14.5. The molecule has 2 aromatic rings. The van der Waals surface area contributed by atoms with Gasteiger partial charge in [0.1, 0.15) is 11.4 Å². The SMILES string of the molecule is COC(=O)CC(NC(=O)CNC(=O)CCCN(C(=O)OC(C)(C)C)c1cc(C)ccn1)c1ccc(Br)cc1. The largest absolute Gasteiger partial charge is 0.469 e. The van der Waals surface area contributed by atoms with Gasteiger partial charge in [0.05, 0.1) is 26.1 Å². The summed E-state index contributed by atoms with van der Waals surface area (Å²) in [4.78, 5) is 55.2. The van der Waals surface area contributed by atoms with Crippen molar-refractivity contribution in [2.24, 2.45) is 0 Å². The minimum atomic E-state index is -0.689. The van der Waals surface area contributed by atoms with Crippen LogP contribution in [0.1, 0.15) is 57.2 Å². The number of nitrogens with one attached hydrogen (secondary N) is 2. The Hall–Kier alpha value is -3.47. The molecule has 2 N–H and O–H groups in total. The summed E-state index contributed by atoms with van der Waals surface area (Å²) in [5.74, 6) is -0.840. The van der Waals surface area contributed by atoms with Crippen molar-refractivity contribution < 1.29 is 28.7 Å². The Kier molecular flexibility index (Phi) is 11.7. The Bertz CT molecular complexity index is 1120. The van der Waals surface area contributed by atoms with Gasteiger partial charge in [-0.2, -0.15) is 0 Å². The third-order valence-corrected chi connectivity index (χ3v) is 5.76. The van der Waals surface area contributed by atoms with Crippen LogP contribution in [0.2, 0.25) is 0 Å². The van der Waals surface area contributed by atoms with Crippen molar-refractivity contribution >= 4 is 45.6 Å². The molecule has 0 bridgehead atoms. The number of methoxy groups -OCH3 is 1. The standard InChI is InChI=1S/C27H35BrN4O6/c1-18-12-13-29-22(15-18)32(26(36)38-27(2,3)4)14-6-7-23(33)30-17-24(34)31-21(16-25(35)37-5)19-8-10-20(28)11-9-19/h8-13,15,21H,6-7,14,16-17H2,1-5H3,(H,30,33)(H,31,34). The fourth-order valence-electron chi connectivity index (χ4n) is 3.39. The molecule has 1 aromatic carbocycles. The third-order valence-electron chi connectivity index (χ3n) is 5.23. The lowest BCUT2D eigenvalue weighted by atomic mass is 10.0. The molecule has 206 valence electrons. The zero-order valence-corrected chi connectivity index (χ0v) is 24.0. The minimum absolute atomic E-state index is 0.0503. The molecule has 1 heterocycles. The van der Waals surface area contributed by atoms with Gasteiger partial charge >= 0.3 is 12.1 Å². The molecule has 0 radical (unpaired) electrons. The Labute approximate surface area is 231 Å². The summed E-state index contributed by atoms with van der Waals surface area (Å²) in [7, 11) is 1.28. The quantitative estimate of drug-likeness (QED) is 0.375. The van der Waals surface area contributed by atoms with Gasteiger partial charge in [-0.05, 0) is 69.5 Å². The second-order valence-electron chi connectivity index (χ2n) is 9.66. The van der Waals surface area contributed by atoms with Gasteiger partial charge in [0.25, 0.3) is 0 Å². The first-order chi connectivity index (χ1) is 17.9. The molecule has 38 heavy (non-hydrogen) atoms. The van der Waals surface area contributed by atoms with Crippen molar-refractivity contribution in [3.05, 3.63) is 58.2 Å². The van der Waals surface area contributed by atoms with E-state index in [4.69, 9.17) is 9.47 Å². The zero-order chi connectivity index (χ0) is 28.3. The lowest BCUT2D eigenvalue weighted by Crippen LogP contribution is -2.40. The fourth-order valence-corrected chi connectivity index (χ4v) is 3.66. The highest BCUT2D eigenvalue weighted by molar-refractivity contribution is 9.10. The summed E-state index contributed by atoms with van der Waals surface area (Å²) >= 11 is 3.36. The van der Waals surface area contributed by atoms with Gasteiger partial charge in [-0.25, -0.2) is 9.78 Å². The van der Waals surface area contributed by atoms with E-state index in [0.717, 1.165) is 15.6 Å². The number of ether oxygens (including phenoxy) is 2. The highest BCUT2D eigenvalue weighted by Gasteiger charge is 2.24. The van der Waals surface area contributed by atoms with Crippen LogP contribution < -0.4 is 15.5 Å². The van der Waals surface area contributed by atoms with E-state index in [1.54, 1.807) is 57.3 Å². The lowest BCUT2D eigenvalue weighted by molar-refractivity contribution is -0.141. The first-order valence-electron chi connectivity index (χ1n) is 12.2. The van der Waals surface area contributed by atoms with Crippen molar-refractivity contribution in [1.29, 1.82) is 0 Å². The summed E-state index contributed by atoms with van der Waals surface area (Å²) in [6, 6.07) is 10.2. The topological polar surface area (TPSA) is 127 Å². The average molecular weight is 592 g/mol. The number of carbonyl (C=O) groups excluding carboxylic acids is 4. The maximum Gasteiger partial charge on any atom is 0.416 e. The molecule has 0 aliphatic carbocycles. The van der Waals surface area contributed by atoms with Crippen LogP contribution in [0.5, 0.6) is 0 Å². The smallest absolute Gasteiger partial charge is 0.416 e. The van der Waals surface area contributed by atoms with Crippen LogP contribution in [-0.2, 0) is 23.9 Å². The van der Waals surface area contributed by atoms with Crippen molar-refractivity contribution in [3.8, 4) is 0 Å². The number of aromatic nitrogens is 1. The fraction of sp³-hybridized carbons (Fsp3) is 0.444. The number of nitrogens with zero attached hydrogens (tertiary/aromatic N) is 2. The maximum atomic E-state index is 12.8. The van der Waals surface area contributed by atoms with E-state index in [1.807, 2.05) is 13.0 Å². The van der Waals surface area contributed by atoms with E-state index < -0.39 is 29.6 Å². The van der Waals surface area contributed by atoms with Gasteiger partial charge in [0.15, 0.2) is 0 Å². The Balaban J connectivity index is 1.91. The van der Waals surface area contributed by atoms with Crippen molar-refractivity contribution in [2.45, 2.75) is 58.6 Å². The Morgan fingerprint density at radius 1 is 1.08 bits per heavy atom. The number of benzene rings is 1. The van der Waals surface area contributed by atoms with Gasteiger partial charge < -0.3 is 20.1 Å². The molecule has 1 unspecified atom stereocenters. The van der Waals surface area contributed by atoms with Crippen LogP contribution in [0.3, 0.4) is 0 Å². The highest BCUT2D eigenvalue weighted by atomic mass is 79.9. The summed E-state index contributed by atoms with van der Waals surface area (Å²) < 4.78 is 11.1. The molecule has 0 saturated heterocycles. The predicted octanol–water partition coefficient (Wildman–Crippen LogP) is 4.21. The third kappa shape index (κ3) is 10.9. The number of pyridine rings is 1. The Morgan fingerprint density at radius 2 is 1.76 bits per heavy atom. The van der Waals surface area contributed by atoms with Gasteiger partial charge in [-0.1, -0.05) is 28.1 Å². The van der Waals surface area contributed by atoms with Crippen LogP contribution in [0, 0.1) is 6.92 Å². The number of esters is 1. The molecule has 3 amide bonds. The number of halogens is 1. The number of hydrogen-bond donors (Lipinski definition) is 2. The van der Waals surface area contributed by atoms with Crippen LogP contribution >= 0.6 is 15.9 Å². The van der Waals surface area contributed by atoms with Gasteiger partial charge in [-0.3, -0.25) is 19.3 Å². The molecule has 0 saturated carbocycles. The molecule has 2 rings (SSSR count). The average Bonchev–Trinajstić information content (AvgIpc) is 2.84. The molecule has 11 heteroatoms. The van der Waals surface area contributed by atoms with Gasteiger partial charge in [0, 0.05) is 23.6 Å². The second-order valence-corrected chi connectivity index (χ2v) is 10.6. The molecule has 0 fully saturated rings. The number of anilines is 1. The Morgan fingerprint density at radius 3 is 2.37 bits per heavy atom. The van der Waals surface area contributed by atoms with Crippen LogP contribution in [0.15, 0.2) is 47.1 Å². The summed E-state index contributed by atoms with van der Waals surface area (Å²) in [5.41, 5.74) is 0.970. The normalized spacial score (nSPS) is 11.7. The predicted molar refractivity (Wildman–Crippen MR) is 146 cm³/mol. The number of carbonyl (C=O) groups is 4. The lowest BCUT2D eigenvalue weighted by Gasteiger charge is -2.27. The minimum Gasteiger partial charge on any atom is -0.469 e. The van der Waals surface area contributed by atoms with Crippen LogP contribution in [0.4, 0.5) is 10.6 Å².